The van der Waals surface area contributed by atoms with Crippen molar-refractivity contribution in [1.82, 2.24) is 9.88 Å². The van der Waals surface area contributed by atoms with Crippen LogP contribution in [0.25, 0.3) is 0 Å². The second kappa shape index (κ2) is 6.15. The van der Waals surface area contributed by atoms with Crippen LogP contribution in [0.1, 0.15) is 30.6 Å². The van der Waals surface area contributed by atoms with E-state index in [0.717, 1.165) is 38.9 Å². The van der Waals surface area contributed by atoms with Crippen molar-refractivity contribution in [2.45, 2.75) is 32.2 Å². The number of carbonyl (C=O) groups excluding carboxylic acids is 1. The minimum atomic E-state index is -0.183. The minimum absolute atomic E-state index is 0.183. The van der Waals surface area contributed by atoms with E-state index in [1.807, 2.05) is 6.20 Å². The van der Waals surface area contributed by atoms with Gasteiger partial charge in [-0.25, -0.2) is 4.98 Å². The van der Waals surface area contributed by atoms with Crippen molar-refractivity contribution in [1.29, 1.82) is 0 Å². The Balaban J connectivity index is 1.71. The van der Waals surface area contributed by atoms with Crippen molar-refractivity contribution in [3.8, 4) is 0 Å². The number of anilines is 1. The molecule has 4 N–H and O–H groups in total. The zero-order chi connectivity index (χ0) is 13.0. The summed E-state index contributed by atoms with van der Waals surface area (Å²) in [5.41, 5.74) is 10.8. The Kier molecular flexibility index (Phi) is 4.54. The van der Waals surface area contributed by atoms with Crippen LogP contribution in [0.2, 0.25) is 0 Å². The summed E-state index contributed by atoms with van der Waals surface area (Å²) >= 11 is 1.56. The van der Waals surface area contributed by atoms with Crippen molar-refractivity contribution < 1.29 is 4.79 Å². The average molecular weight is 268 g/mol. The molecule has 0 spiro atoms. The van der Waals surface area contributed by atoms with E-state index in [9.17, 15) is 4.79 Å². The molecule has 2 heterocycles. The van der Waals surface area contributed by atoms with Gasteiger partial charge in [0, 0.05) is 24.0 Å². The lowest BCUT2D eigenvalue weighted by Crippen LogP contribution is -2.33. The Labute approximate surface area is 111 Å². The summed E-state index contributed by atoms with van der Waals surface area (Å²) in [7, 11) is 0. The van der Waals surface area contributed by atoms with Crippen LogP contribution >= 0.6 is 11.3 Å². The Bertz CT molecular complexity index is 399. The summed E-state index contributed by atoms with van der Waals surface area (Å²) in [5, 5.41) is 0.640. The first-order valence-electron chi connectivity index (χ1n) is 6.34. The number of nitrogens with zero attached hydrogens (tertiary/aromatic N) is 2. The molecule has 0 unspecified atom stereocenters. The first-order chi connectivity index (χ1) is 8.63. The Morgan fingerprint density at radius 3 is 2.78 bits per heavy atom. The molecule has 1 aliphatic rings. The second-order valence-electron chi connectivity index (χ2n) is 4.89. The van der Waals surface area contributed by atoms with E-state index in [4.69, 9.17) is 11.5 Å². The Morgan fingerprint density at radius 1 is 1.50 bits per heavy atom. The van der Waals surface area contributed by atoms with Gasteiger partial charge in [-0.1, -0.05) is 0 Å². The van der Waals surface area contributed by atoms with Gasteiger partial charge in [-0.2, -0.15) is 0 Å². The van der Waals surface area contributed by atoms with Crippen LogP contribution in [-0.2, 0) is 11.3 Å². The standard InChI is InChI=1S/C12H20N4OS/c13-11(17)2-1-9-3-5-16(6-4-9)8-10-7-15-12(14)18-10/h7,9H,1-6,8H2,(H2,13,17)(H2,14,15). The number of aromatic nitrogens is 1. The average Bonchev–Trinajstić information content (AvgIpc) is 2.74. The molecule has 0 saturated carbocycles. The quantitative estimate of drug-likeness (QED) is 0.840. The molecular weight excluding hydrogens is 248 g/mol. The van der Waals surface area contributed by atoms with E-state index in [2.05, 4.69) is 9.88 Å². The molecule has 2 rings (SSSR count). The number of likely N-dealkylation sites (tertiary alicyclic amines) is 1. The van der Waals surface area contributed by atoms with Gasteiger partial charge in [-0.15, -0.1) is 11.3 Å². The summed E-state index contributed by atoms with van der Waals surface area (Å²) in [6, 6.07) is 0. The predicted octanol–water partition coefficient (Wildman–Crippen LogP) is 1.20. The molecule has 0 radical (unpaired) electrons. The van der Waals surface area contributed by atoms with Crippen LogP contribution in [-0.4, -0.2) is 28.9 Å². The maximum atomic E-state index is 10.7. The van der Waals surface area contributed by atoms with Crippen molar-refractivity contribution in [2.24, 2.45) is 11.7 Å². The van der Waals surface area contributed by atoms with Crippen LogP contribution in [0.5, 0.6) is 0 Å². The largest absolute Gasteiger partial charge is 0.375 e. The predicted molar refractivity (Wildman–Crippen MR) is 73.0 cm³/mol. The number of piperidine rings is 1. The lowest BCUT2D eigenvalue weighted by Gasteiger charge is -2.31. The van der Waals surface area contributed by atoms with Crippen LogP contribution in [0, 0.1) is 5.92 Å². The van der Waals surface area contributed by atoms with Gasteiger partial charge >= 0.3 is 0 Å². The molecule has 1 saturated heterocycles. The van der Waals surface area contributed by atoms with E-state index in [0.29, 0.717) is 17.5 Å². The van der Waals surface area contributed by atoms with Crippen molar-refractivity contribution in [3.05, 3.63) is 11.1 Å². The fourth-order valence-corrected chi connectivity index (χ4v) is 3.12. The molecule has 1 fully saturated rings. The minimum Gasteiger partial charge on any atom is -0.375 e. The number of nitrogen functional groups attached to an aromatic ring is 1. The van der Waals surface area contributed by atoms with Crippen LogP contribution in [0.4, 0.5) is 5.13 Å². The SMILES string of the molecule is NC(=O)CCC1CCN(Cc2cnc(N)s2)CC1. The van der Waals surface area contributed by atoms with Crippen molar-refractivity contribution in [3.63, 3.8) is 0 Å². The molecule has 0 bridgehead atoms. The van der Waals surface area contributed by atoms with E-state index < -0.39 is 0 Å². The smallest absolute Gasteiger partial charge is 0.217 e. The molecule has 0 aliphatic carbocycles. The maximum absolute atomic E-state index is 10.7. The summed E-state index contributed by atoms with van der Waals surface area (Å²) in [4.78, 5) is 18.5. The molecule has 5 nitrogen and oxygen atoms in total. The van der Waals surface area contributed by atoms with Gasteiger partial charge in [0.15, 0.2) is 5.13 Å². The van der Waals surface area contributed by atoms with E-state index >= 15 is 0 Å². The fraction of sp³-hybridized carbons (Fsp3) is 0.667. The molecule has 6 heteroatoms. The van der Waals surface area contributed by atoms with Gasteiger partial charge in [0.2, 0.25) is 5.91 Å². The highest BCUT2D eigenvalue weighted by Gasteiger charge is 2.19. The molecule has 1 aromatic rings. The Morgan fingerprint density at radius 2 is 2.22 bits per heavy atom. The number of amides is 1. The Hall–Kier alpha value is -1.14. The van der Waals surface area contributed by atoms with Crippen LogP contribution in [0.3, 0.4) is 0 Å². The molecule has 0 aromatic carbocycles. The highest BCUT2D eigenvalue weighted by atomic mass is 32.1. The molecule has 1 amide bonds. The van der Waals surface area contributed by atoms with Gasteiger partial charge in [0.05, 0.1) is 0 Å². The number of carbonyl (C=O) groups is 1. The first-order valence-corrected chi connectivity index (χ1v) is 7.16. The number of hydrogen-bond donors (Lipinski definition) is 2. The molecule has 1 aliphatic heterocycles. The van der Waals surface area contributed by atoms with Gasteiger partial charge in [-0.3, -0.25) is 9.69 Å². The fourth-order valence-electron chi connectivity index (χ4n) is 2.40. The highest BCUT2D eigenvalue weighted by Crippen LogP contribution is 2.24. The summed E-state index contributed by atoms with van der Waals surface area (Å²) in [6.07, 6.45) is 5.63. The van der Waals surface area contributed by atoms with Crippen molar-refractivity contribution in [2.75, 3.05) is 18.8 Å². The van der Waals surface area contributed by atoms with E-state index in [1.54, 1.807) is 11.3 Å². The highest BCUT2D eigenvalue weighted by molar-refractivity contribution is 7.15. The number of thiazole rings is 1. The summed E-state index contributed by atoms with van der Waals surface area (Å²) in [6.45, 7) is 3.11. The van der Waals surface area contributed by atoms with Gasteiger partial charge in [0.25, 0.3) is 0 Å². The first kappa shape index (κ1) is 13.3. The van der Waals surface area contributed by atoms with E-state index in [1.165, 1.54) is 4.88 Å². The normalized spacial score (nSPS) is 18.0. The molecule has 18 heavy (non-hydrogen) atoms. The number of nitrogens with two attached hydrogens (primary N) is 2. The van der Waals surface area contributed by atoms with Crippen LogP contribution < -0.4 is 11.5 Å². The van der Waals surface area contributed by atoms with E-state index in [-0.39, 0.29) is 5.91 Å². The molecule has 100 valence electrons. The van der Waals surface area contributed by atoms with Crippen molar-refractivity contribution >= 4 is 22.4 Å². The number of rotatable bonds is 5. The zero-order valence-electron chi connectivity index (χ0n) is 10.5. The zero-order valence-corrected chi connectivity index (χ0v) is 11.3. The van der Waals surface area contributed by atoms with Gasteiger partial charge in [-0.05, 0) is 38.3 Å². The molecule has 0 atom stereocenters. The lowest BCUT2D eigenvalue weighted by molar-refractivity contribution is -0.118. The third kappa shape index (κ3) is 3.96. The monoisotopic (exact) mass is 268 g/mol. The maximum Gasteiger partial charge on any atom is 0.217 e. The molecular formula is C12H20N4OS. The number of hydrogen-bond acceptors (Lipinski definition) is 5. The van der Waals surface area contributed by atoms with Crippen LogP contribution in [0.15, 0.2) is 6.20 Å². The third-order valence-electron chi connectivity index (χ3n) is 3.46. The van der Waals surface area contributed by atoms with Gasteiger partial charge < -0.3 is 11.5 Å². The lowest BCUT2D eigenvalue weighted by atomic mass is 9.92. The summed E-state index contributed by atoms with van der Waals surface area (Å²) in [5.74, 6) is 0.470. The van der Waals surface area contributed by atoms with Gasteiger partial charge in [0.1, 0.15) is 0 Å². The number of primary amides is 1. The molecule has 1 aromatic heterocycles. The topological polar surface area (TPSA) is 85.2 Å². The second-order valence-corrected chi connectivity index (χ2v) is 6.04. The third-order valence-corrected chi connectivity index (χ3v) is 4.27. The summed E-state index contributed by atoms with van der Waals surface area (Å²) < 4.78 is 0.